The standard InChI is InChI=1S/C20H26N6O2S/c1-27-14-13-26-20(21-22-23-26)19(18-4-3-15-29-18)25-11-9-24(10-12-25)16-5-7-17(28-2)8-6-16/h3-8,15,19H,9-14H2,1-2H3/t19-/m0/s1. The van der Waals surface area contributed by atoms with Crippen LogP contribution in [0.25, 0.3) is 0 Å². The molecule has 4 rings (SSSR count). The van der Waals surface area contributed by atoms with E-state index in [1.54, 1.807) is 25.6 Å². The molecule has 0 aliphatic carbocycles. The van der Waals surface area contributed by atoms with Gasteiger partial charge < -0.3 is 14.4 Å². The number of thiophene rings is 1. The molecule has 3 aromatic rings. The fraction of sp³-hybridized carbons (Fsp3) is 0.450. The van der Waals surface area contributed by atoms with Crippen molar-refractivity contribution in [2.45, 2.75) is 12.6 Å². The number of aromatic nitrogens is 4. The average Bonchev–Trinajstić information content (AvgIpc) is 3.46. The molecule has 0 unspecified atom stereocenters. The predicted octanol–water partition coefficient (Wildman–Crippen LogP) is 2.30. The van der Waals surface area contributed by atoms with Crippen LogP contribution in [0.5, 0.6) is 5.75 Å². The van der Waals surface area contributed by atoms with Crippen molar-refractivity contribution in [2.75, 3.05) is 51.9 Å². The number of anilines is 1. The van der Waals surface area contributed by atoms with Gasteiger partial charge >= 0.3 is 0 Å². The van der Waals surface area contributed by atoms with Crippen molar-refractivity contribution < 1.29 is 9.47 Å². The Bertz CT molecular complexity index is 875. The summed E-state index contributed by atoms with van der Waals surface area (Å²) in [5, 5.41) is 14.6. The van der Waals surface area contributed by atoms with Gasteiger partial charge in [-0.25, -0.2) is 4.68 Å². The van der Waals surface area contributed by atoms with Gasteiger partial charge in [-0.2, -0.15) is 0 Å². The summed E-state index contributed by atoms with van der Waals surface area (Å²) in [5.74, 6) is 1.76. The monoisotopic (exact) mass is 414 g/mol. The average molecular weight is 415 g/mol. The van der Waals surface area contributed by atoms with Crippen molar-refractivity contribution in [3.05, 3.63) is 52.5 Å². The second-order valence-corrected chi connectivity index (χ2v) is 7.87. The molecule has 8 nitrogen and oxygen atoms in total. The maximum atomic E-state index is 5.27. The molecule has 1 atom stereocenters. The highest BCUT2D eigenvalue weighted by molar-refractivity contribution is 7.10. The molecule has 0 radical (unpaired) electrons. The maximum Gasteiger partial charge on any atom is 0.173 e. The third-order valence-corrected chi connectivity index (χ3v) is 6.17. The lowest BCUT2D eigenvalue weighted by molar-refractivity contribution is 0.172. The molecule has 1 aromatic carbocycles. The molecule has 1 saturated heterocycles. The van der Waals surface area contributed by atoms with Crippen LogP contribution in [0.2, 0.25) is 0 Å². The number of methoxy groups -OCH3 is 2. The Morgan fingerprint density at radius 2 is 1.86 bits per heavy atom. The number of ether oxygens (including phenoxy) is 2. The Hall–Kier alpha value is -2.49. The van der Waals surface area contributed by atoms with Crippen LogP contribution in [-0.2, 0) is 11.3 Å². The van der Waals surface area contributed by atoms with Crippen LogP contribution in [0, 0.1) is 0 Å². The Balaban J connectivity index is 1.51. The first-order chi connectivity index (χ1) is 14.3. The van der Waals surface area contributed by atoms with Gasteiger partial charge in [-0.15, -0.1) is 16.4 Å². The number of hydrogen-bond donors (Lipinski definition) is 0. The van der Waals surface area contributed by atoms with Crippen LogP contribution >= 0.6 is 11.3 Å². The largest absolute Gasteiger partial charge is 0.497 e. The molecule has 1 fully saturated rings. The first-order valence-corrected chi connectivity index (χ1v) is 10.6. The van der Waals surface area contributed by atoms with Gasteiger partial charge in [0.05, 0.1) is 20.3 Å². The van der Waals surface area contributed by atoms with Crippen LogP contribution < -0.4 is 9.64 Å². The highest BCUT2D eigenvalue weighted by atomic mass is 32.1. The van der Waals surface area contributed by atoms with Gasteiger partial charge in [-0.05, 0) is 46.1 Å². The second kappa shape index (κ2) is 9.34. The number of rotatable bonds is 8. The van der Waals surface area contributed by atoms with Gasteiger partial charge in [0.25, 0.3) is 0 Å². The van der Waals surface area contributed by atoms with Crippen molar-refractivity contribution in [2.24, 2.45) is 0 Å². The molecule has 0 amide bonds. The minimum Gasteiger partial charge on any atom is -0.497 e. The normalized spacial score (nSPS) is 16.1. The van der Waals surface area contributed by atoms with Gasteiger partial charge in [0.15, 0.2) is 5.82 Å². The smallest absolute Gasteiger partial charge is 0.173 e. The van der Waals surface area contributed by atoms with Gasteiger partial charge in [0.1, 0.15) is 11.8 Å². The van der Waals surface area contributed by atoms with E-state index in [-0.39, 0.29) is 6.04 Å². The van der Waals surface area contributed by atoms with Gasteiger partial charge in [0.2, 0.25) is 0 Å². The molecular formula is C20H26N6O2S. The van der Waals surface area contributed by atoms with Crippen LogP contribution in [0.3, 0.4) is 0 Å². The van der Waals surface area contributed by atoms with E-state index in [4.69, 9.17) is 9.47 Å². The zero-order valence-corrected chi connectivity index (χ0v) is 17.6. The van der Waals surface area contributed by atoms with E-state index in [2.05, 4.69) is 55.0 Å². The molecule has 1 aliphatic heterocycles. The molecule has 3 heterocycles. The molecule has 1 aliphatic rings. The molecule has 0 bridgehead atoms. The predicted molar refractivity (Wildman–Crippen MR) is 113 cm³/mol. The number of tetrazole rings is 1. The van der Waals surface area contributed by atoms with E-state index in [1.165, 1.54) is 10.6 Å². The van der Waals surface area contributed by atoms with Crippen molar-refractivity contribution in [3.63, 3.8) is 0 Å². The van der Waals surface area contributed by atoms with Gasteiger partial charge in [0, 0.05) is 43.9 Å². The van der Waals surface area contributed by atoms with E-state index in [9.17, 15) is 0 Å². The first kappa shape index (κ1) is 19.8. The molecule has 0 spiro atoms. The summed E-state index contributed by atoms with van der Waals surface area (Å²) in [4.78, 5) is 6.15. The van der Waals surface area contributed by atoms with E-state index < -0.39 is 0 Å². The van der Waals surface area contributed by atoms with E-state index >= 15 is 0 Å². The van der Waals surface area contributed by atoms with Gasteiger partial charge in [-0.3, -0.25) is 4.90 Å². The molecule has 0 saturated carbocycles. The zero-order valence-electron chi connectivity index (χ0n) is 16.8. The number of benzene rings is 1. The molecule has 154 valence electrons. The van der Waals surface area contributed by atoms with Crippen molar-refractivity contribution in [3.8, 4) is 5.75 Å². The maximum absolute atomic E-state index is 5.27. The summed E-state index contributed by atoms with van der Waals surface area (Å²) < 4.78 is 12.4. The van der Waals surface area contributed by atoms with Crippen LogP contribution in [0.15, 0.2) is 41.8 Å². The highest BCUT2D eigenvalue weighted by Crippen LogP contribution is 2.32. The summed E-state index contributed by atoms with van der Waals surface area (Å²) in [6.07, 6.45) is 0. The number of piperazine rings is 1. The van der Waals surface area contributed by atoms with Crippen LogP contribution in [0.1, 0.15) is 16.7 Å². The van der Waals surface area contributed by atoms with E-state index in [0.29, 0.717) is 13.2 Å². The zero-order chi connectivity index (χ0) is 20.1. The number of nitrogens with zero attached hydrogens (tertiary/aromatic N) is 6. The summed E-state index contributed by atoms with van der Waals surface area (Å²) >= 11 is 1.75. The summed E-state index contributed by atoms with van der Waals surface area (Å²) in [7, 11) is 3.39. The molecule has 9 heteroatoms. The third kappa shape index (κ3) is 4.42. The van der Waals surface area contributed by atoms with Gasteiger partial charge in [-0.1, -0.05) is 6.07 Å². The van der Waals surface area contributed by atoms with Crippen LogP contribution in [0.4, 0.5) is 5.69 Å². The van der Waals surface area contributed by atoms with E-state index in [0.717, 1.165) is 37.8 Å². The van der Waals surface area contributed by atoms with Crippen molar-refractivity contribution >= 4 is 17.0 Å². The summed E-state index contributed by atoms with van der Waals surface area (Å²) in [6.45, 7) is 5.01. The number of hydrogen-bond acceptors (Lipinski definition) is 8. The minimum absolute atomic E-state index is 0.0554. The lowest BCUT2D eigenvalue weighted by Gasteiger charge is -2.39. The molecule has 29 heavy (non-hydrogen) atoms. The Morgan fingerprint density at radius 1 is 1.07 bits per heavy atom. The minimum atomic E-state index is 0.0554. The lowest BCUT2D eigenvalue weighted by Crippen LogP contribution is -2.48. The Labute approximate surface area is 174 Å². The molecular weight excluding hydrogens is 388 g/mol. The van der Waals surface area contributed by atoms with Crippen LogP contribution in [-0.4, -0.2) is 72.1 Å². The second-order valence-electron chi connectivity index (χ2n) is 6.89. The highest BCUT2D eigenvalue weighted by Gasteiger charge is 2.31. The van der Waals surface area contributed by atoms with Crippen molar-refractivity contribution in [1.29, 1.82) is 0 Å². The SMILES string of the molecule is COCCn1nnnc1[C@H](c1cccs1)N1CCN(c2ccc(OC)cc2)CC1. The third-order valence-electron chi connectivity index (χ3n) is 5.24. The first-order valence-electron chi connectivity index (χ1n) is 9.71. The summed E-state index contributed by atoms with van der Waals surface area (Å²) in [5.41, 5.74) is 1.23. The summed E-state index contributed by atoms with van der Waals surface area (Å²) in [6, 6.07) is 12.6. The Morgan fingerprint density at radius 3 is 2.52 bits per heavy atom. The Kier molecular flexibility index (Phi) is 6.38. The molecule has 0 N–H and O–H groups in total. The fourth-order valence-corrected chi connectivity index (χ4v) is 4.55. The fourth-order valence-electron chi connectivity index (χ4n) is 3.69. The quantitative estimate of drug-likeness (QED) is 0.560. The lowest BCUT2D eigenvalue weighted by atomic mass is 10.1. The van der Waals surface area contributed by atoms with E-state index in [1.807, 2.05) is 16.8 Å². The topological polar surface area (TPSA) is 68.5 Å². The van der Waals surface area contributed by atoms with Crippen molar-refractivity contribution in [1.82, 2.24) is 25.1 Å². The molecule has 2 aromatic heterocycles.